The highest BCUT2D eigenvalue weighted by atomic mass is 32.2. The Hall–Kier alpha value is -6.88. The van der Waals surface area contributed by atoms with Crippen molar-refractivity contribution in [1.82, 2.24) is 24.2 Å². The first kappa shape index (κ1) is 36.1. The number of hydrogen-bond donors (Lipinski definition) is 3. The SMILES string of the molecule is Cn1c(=O)n(C2CCC(=O)NC2=O)c2ccc(-c3ccc(CC(=O)Nc4ccc5c(F)c(N6CC(=O)NS6(=O)=O)c(OCc6ccccc6)cc5c4)nc3)cc21. The zero-order valence-corrected chi connectivity index (χ0v) is 30.4. The summed E-state index contributed by atoms with van der Waals surface area (Å²) in [5.41, 5.74) is 3.38. The van der Waals surface area contributed by atoms with E-state index in [0.29, 0.717) is 32.1 Å². The number of fused-ring (bicyclic) bond motifs is 2. The number of aromatic nitrogens is 3. The highest BCUT2D eigenvalue weighted by molar-refractivity contribution is 7.92. The summed E-state index contributed by atoms with van der Waals surface area (Å²) >= 11 is 0. The van der Waals surface area contributed by atoms with Crippen molar-refractivity contribution in [3.05, 3.63) is 119 Å². The van der Waals surface area contributed by atoms with Crippen LogP contribution >= 0.6 is 0 Å². The molecule has 1 atom stereocenters. The van der Waals surface area contributed by atoms with E-state index in [0.717, 1.165) is 16.7 Å². The Balaban J connectivity index is 1.00. The second-order valence-electron chi connectivity index (χ2n) is 13.4. The predicted octanol–water partition coefficient (Wildman–Crippen LogP) is 3.61. The van der Waals surface area contributed by atoms with Crippen LogP contribution < -0.4 is 30.1 Å². The number of benzene rings is 4. The van der Waals surface area contributed by atoms with E-state index in [2.05, 4.69) is 15.6 Å². The molecule has 8 rings (SSSR count). The monoisotopic (exact) mass is 777 g/mol. The van der Waals surface area contributed by atoms with Crippen molar-refractivity contribution in [2.24, 2.45) is 7.05 Å². The number of aryl methyl sites for hydroxylation is 1. The summed E-state index contributed by atoms with van der Waals surface area (Å²) in [6, 6.07) is 22.9. The van der Waals surface area contributed by atoms with Gasteiger partial charge in [0.1, 0.15) is 30.6 Å². The smallest absolute Gasteiger partial charge is 0.329 e. The summed E-state index contributed by atoms with van der Waals surface area (Å²) in [5.74, 6) is -3.12. The standard InChI is InChI=1S/C39H32FN7O8S/c1-45-31-16-23(8-12-29(31)47(39(45)52)30-13-14-33(48)43-38(30)51)24-7-9-26(41-19-24)18-34(49)42-27-10-11-28-25(15-27)17-32(55-21-22-5-3-2-4-6-22)37(36(28)40)46-20-35(50)44-56(46,53)54/h2-12,15-17,19,30H,13-14,18,20-21H2,1H3,(H,42,49)(H,44,50)(H,43,48,51). The van der Waals surface area contributed by atoms with Crippen LogP contribution in [0, 0.1) is 5.82 Å². The molecule has 4 heterocycles. The molecule has 3 N–H and O–H groups in total. The molecule has 15 nitrogen and oxygen atoms in total. The van der Waals surface area contributed by atoms with Gasteiger partial charge in [-0.15, -0.1) is 0 Å². The van der Waals surface area contributed by atoms with Gasteiger partial charge >= 0.3 is 15.9 Å². The van der Waals surface area contributed by atoms with Crippen LogP contribution in [0.2, 0.25) is 0 Å². The molecular formula is C39H32FN7O8S. The number of rotatable bonds is 9. The van der Waals surface area contributed by atoms with Crippen LogP contribution in [0.15, 0.2) is 95.9 Å². The Morgan fingerprint density at radius 3 is 2.45 bits per heavy atom. The zero-order chi connectivity index (χ0) is 39.3. The van der Waals surface area contributed by atoms with Gasteiger partial charge in [-0.25, -0.2) is 18.2 Å². The van der Waals surface area contributed by atoms with Crippen molar-refractivity contribution in [3.8, 4) is 16.9 Å². The molecule has 6 aromatic rings. The van der Waals surface area contributed by atoms with Gasteiger partial charge in [0.2, 0.25) is 17.7 Å². The molecule has 56 heavy (non-hydrogen) atoms. The van der Waals surface area contributed by atoms with E-state index in [9.17, 15) is 32.4 Å². The molecule has 17 heteroatoms. The van der Waals surface area contributed by atoms with Crippen molar-refractivity contribution in [2.75, 3.05) is 16.2 Å². The molecule has 2 aliphatic heterocycles. The van der Waals surface area contributed by atoms with Crippen molar-refractivity contribution in [2.45, 2.75) is 31.9 Å². The van der Waals surface area contributed by atoms with E-state index in [1.54, 1.807) is 61.8 Å². The molecule has 1 unspecified atom stereocenters. The van der Waals surface area contributed by atoms with Crippen LogP contribution in [-0.2, 0) is 49.5 Å². The first-order chi connectivity index (χ1) is 26.9. The Morgan fingerprint density at radius 2 is 1.73 bits per heavy atom. The summed E-state index contributed by atoms with van der Waals surface area (Å²) in [5, 5.41) is 5.45. The molecule has 2 fully saturated rings. The number of carbonyl (C=O) groups excluding carboxylic acids is 4. The molecule has 0 aliphatic carbocycles. The van der Waals surface area contributed by atoms with E-state index in [1.165, 1.54) is 33.4 Å². The van der Waals surface area contributed by atoms with E-state index >= 15 is 4.39 Å². The maximum absolute atomic E-state index is 16.2. The van der Waals surface area contributed by atoms with Gasteiger partial charge in [0.25, 0.3) is 5.91 Å². The van der Waals surface area contributed by atoms with Gasteiger partial charge in [0, 0.05) is 42.0 Å². The number of imide groups is 1. The van der Waals surface area contributed by atoms with Crippen molar-refractivity contribution in [1.29, 1.82) is 0 Å². The maximum atomic E-state index is 16.2. The first-order valence-corrected chi connectivity index (χ1v) is 18.9. The molecule has 284 valence electrons. The lowest BCUT2D eigenvalue weighted by Crippen LogP contribution is -2.44. The minimum Gasteiger partial charge on any atom is -0.487 e. The van der Waals surface area contributed by atoms with E-state index < -0.39 is 52.0 Å². The fourth-order valence-electron chi connectivity index (χ4n) is 6.97. The van der Waals surface area contributed by atoms with E-state index in [-0.39, 0.29) is 48.6 Å². The predicted molar refractivity (Wildman–Crippen MR) is 203 cm³/mol. The number of amides is 4. The summed E-state index contributed by atoms with van der Waals surface area (Å²) in [6.45, 7) is -0.630. The van der Waals surface area contributed by atoms with Crippen LogP contribution in [0.5, 0.6) is 5.75 Å². The summed E-state index contributed by atoms with van der Waals surface area (Å²) < 4.78 is 52.9. The van der Waals surface area contributed by atoms with Crippen LogP contribution in [0.3, 0.4) is 0 Å². The molecule has 0 spiro atoms. The fourth-order valence-corrected chi connectivity index (χ4v) is 8.13. The highest BCUT2D eigenvalue weighted by Gasteiger charge is 2.38. The number of imidazole rings is 1. The Kier molecular flexibility index (Phi) is 9.08. The third kappa shape index (κ3) is 6.72. The minimum atomic E-state index is -4.36. The Labute approximate surface area is 317 Å². The third-order valence-electron chi connectivity index (χ3n) is 9.72. The Morgan fingerprint density at radius 1 is 0.946 bits per heavy atom. The minimum absolute atomic E-state index is 0.0113. The number of carbonyl (C=O) groups is 4. The van der Waals surface area contributed by atoms with E-state index in [4.69, 9.17) is 4.74 Å². The number of nitrogens with one attached hydrogen (secondary N) is 3. The summed E-state index contributed by atoms with van der Waals surface area (Å²) in [4.78, 5) is 67.0. The Bertz CT molecular complexity index is 2790. The van der Waals surface area contributed by atoms with E-state index in [1.807, 2.05) is 16.9 Å². The number of nitrogens with zero attached hydrogens (tertiary/aromatic N) is 4. The number of piperidine rings is 1. The van der Waals surface area contributed by atoms with Crippen molar-refractivity contribution >= 4 is 67.0 Å². The number of hydrogen-bond acceptors (Lipinski definition) is 9. The maximum Gasteiger partial charge on any atom is 0.329 e. The van der Waals surface area contributed by atoms with Gasteiger partial charge in [-0.3, -0.25) is 38.6 Å². The molecule has 0 bridgehead atoms. The lowest BCUT2D eigenvalue weighted by molar-refractivity contribution is -0.135. The van der Waals surface area contributed by atoms with Crippen molar-refractivity contribution in [3.63, 3.8) is 0 Å². The third-order valence-corrected chi connectivity index (χ3v) is 11.1. The lowest BCUT2D eigenvalue weighted by Gasteiger charge is -2.21. The average Bonchev–Trinajstić information content (AvgIpc) is 3.59. The first-order valence-electron chi connectivity index (χ1n) is 17.4. The highest BCUT2D eigenvalue weighted by Crippen LogP contribution is 2.40. The van der Waals surface area contributed by atoms with Crippen LogP contribution in [0.1, 0.15) is 30.1 Å². The topological polar surface area (TPSA) is 191 Å². The molecule has 2 aromatic heterocycles. The molecule has 4 amide bonds. The number of halogens is 1. The van der Waals surface area contributed by atoms with Gasteiger partial charge in [0.05, 0.1) is 17.5 Å². The second kappa shape index (κ2) is 14.1. The number of ether oxygens (including phenoxy) is 1. The normalized spacial score (nSPS) is 16.6. The molecule has 0 radical (unpaired) electrons. The van der Waals surface area contributed by atoms with Gasteiger partial charge < -0.3 is 10.1 Å². The van der Waals surface area contributed by atoms with Crippen LogP contribution in [0.4, 0.5) is 15.8 Å². The molecule has 0 saturated carbocycles. The summed E-state index contributed by atoms with van der Waals surface area (Å²) in [7, 11) is -2.75. The average molecular weight is 778 g/mol. The van der Waals surface area contributed by atoms with Crippen LogP contribution in [-0.4, -0.2) is 52.7 Å². The van der Waals surface area contributed by atoms with Gasteiger partial charge in [-0.05, 0) is 65.4 Å². The molecular weight excluding hydrogens is 746 g/mol. The largest absolute Gasteiger partial charge is 0.487 e. The zero-order valence-electron chi connectivity index (χ0n) is 29.6. The van der Waals surface area contributed by atoms with Crippen LogP contribution in [0.25, 0.3) is 32.9 Å². The molecule has 2 saturated heterocycles. The summed E-state index contributed by atoms with van der Waals surface area (Å²) in [6.07, 6.45) is 1.88. The van der Waals surface area contributed by atoms with Gasteiger partial charge in [-0.1, -0.05) is 42.5 Å². The fraction of sp³-hybridized carbons (Fsp3) is 0.179. The molecule has 4 aromatic carbocycles. The number of anilines is 2. The second-order valence-corrected chi connectivity index (χ2v) is 15.0. The number of pyridine rings is 1. The quantitative estimate of drug-likeness (QED) is 0.184. The molecule has 2 aliphatic rings. The van der Waals surface area contributed by atoms with Gasteiger partial charge in [-0.2, -0.15) is 8.42 Å². The lowest BCUT2D eigenvalue weighted by atomic mass is 10.0. The van der Waals surface area contributed by atoms with Crippen molar-refractivity contribution < 1.29 is 36.7 Å². The van der Waals surface area contributed by atoms with Gasteiger partial charge in [0.15, 0.2) is 5.82 Å².